The van der Waals surface area contributed by atoms with Crippen LogP contribution >= 0.6 is 0 Å². The predicted octanol–water partition coefficient (Wildman–Crippen LogP) is 2.71. The van der Waals surface area contributed by atoms with E-state index in [0.717, 1.165) is 12.8 Å². The summed E-state index contributed by atoms with van der Waals surface area (Å²) in [5.74, 6) is 0.0234. The van der Waals surface area contributed by atoms with Gasteiger partial charge in [0, 0.05) is 29.1 Å². The molecule has 0 amide bonds. The first kappa shape index (κ1) is 20.9. The van der Waals surface area contributed by atoms with E-state index in [9.17, 15) is 13.9 Å². The van der Waals surface area contributed by atoms with Gasteiger partial charge in [0.25, 0.3) is 6.43 Å². The normalized spacial score (nSPS) is 15.5. The number of alkyl halides is 2. The number of hydrogen-bond donors (Lipinski definition) is 3. The molecule has 162 valence electrons. The molecule has 4 rings (SSSR count). The van der Waals surface area contributed by atoms with E-state index in [2.05, 4.69) is 15.1 Å². The lowest BCUT2D eigenvalue weighted by Gasteiger charge is -2.13. The number of aliphatic hydroxyl groups excluding tert-OH is 1. The standard InChI is InChI=1S/C21H23F2N7O/c1-12(11-31)27-21(25)29-10-17(13-2-4-14(5-3-13)19(22)23)28-18(20(29)24)15-8-26-30(9-15)16-6-7-16/h2-5,8-10,12,16,19,24,31H,6-7,11H2,1H3,(H2,25,27)/t12-/m0/s1. The second-order valence-electron chi connectivity index (χ2n) is 7.58. The summed E-state index contributed by atoms with van der Waals surface area (Å²) in [5, 5.41) is 22.3. The third-order valence-electron chi connectivity index (χ3n) is 5.07. The molecule has 0 saturated heterocycles. The third-order valence-corrected chi connectivity index (χ3v) is 5.07. The largest absolute Gasteiger partial charge is 0.394 e. The van der Waals surface area contributed by atoms with Crippen LogP contribution in [0, 0.1) is 5.41 Å². The molecule has 31 heavy (non-hydrogen) atoms. The zero-order valence-corrected chi connectivity index (χ0v) is 16.9. The van der Waals surface area contributed by atoms with E-state index >= 15 is 0 Å². The van der Waals surface area contributed by atoms with Crippen LogP contribution in [0.5, 0.6) is 0 Å². The van der Waals surface area contributed by atoms with Crippen molar-refractivity contribution in [2.45, 2.75) is 38.3 Å². The third kappa shape index (κ3) is 4.38. The number of aromatic nitrogens is 4. The Morgan fingerprint density at radius 2 is 1.97 bits per heavy atom. The highest BCUT2D eigenvalue weighted by Gasteiger charge is 2.25. The number of nitrogens with zero attached hydrogens (tertiary/aromatic N) is 5. The van der Waals surface area contributed by atoms with E-state index in [1.165, 1.54) is 22.9 Å². The van der Waals surface area contributed by atoms with Gasteiger partial charge in [-0.15, -0.1) is 0 Å². The summed E-state index contributed by atoms with van der Waals surface area (Å²) in [7, 11) is 0. The van der Waals surface area contributed by atoms with Crippen molar-refractivity contribution in [2.75, 3.05) is 6.61 Å². The molecule has 0 radical (unpaired) electrons. The zero-order chi connectivity index (χ0) is 22.1. The van der Waals surface area contributed by atoms with Crippen LogP contribution in [0.2, 0.25) is 0 Å². The van der Waals surface area contributed by atoms with Gasteiger partial charge >= 0.3 is 0 Å². The van der Waals surface area contributed by atoms with Gasteiger partial charge in [0.05, 0.1) is 30.6 Å². The van der Waals surface area contributed by atoms with Crippen molar-refractivity contribution in [3.8, 4) is 22.5 Å². The van der Waals surface area contributed by atoms with Crippen LogP contribution in [-0.2, 0) is 0 Å². The first-order chi connectivity index (χ1) is 14.9. The zero-order valence-electron chi connectivity index (χ0n) is 16.9. The number of aliphatic imine (C=N–C) groups is 1. The van der Waals surface area contributed by atoms with E-state index in [4.69, 9.17) is 11.1 Å². The van der Waals surface area contributed by atoms with Crippen LogP contribution in [0.3, 0.4) is 0 Å². The number of rotatable bonds is 6. The van der Waals surface area contributed by atoms with E-state index in [0.29, 0.717) is 28.6 Å². The summed E-state index contributed by atoms with van der Waals surface area (Å²) in [6.45, 7) is 1.51. The molecular weight excluding hydrogens is 404 g/mol. The second-order valence-corrected chi connectivity index (χ2v) is 7.58. The van der Waals surface area contributed by atoms with Gasteiger partial charge in [0.15, 0.2) is 5.49 Å². The lowest BCUT2D eigenvalue weighted by atomic mass is 10.1. The van der Waals surface area contributed by atoms with Crippen molar-refractivity contribution < 1.29 is 13.9 Å². The molecule has 1 aliphatic rings. The molecule has 0 spiro atoms. The fourth-order valence-corrected chi connectivity index (χ4v) is 3.15. The number of nitrogens with two attached hydrogens (primary N) is 1. The van der Waals surface area contributed by atoms with Crippen molar-refractivity contribution in [2.24, 2.45) is 10.7 Å². The van der Waals surface area contributed by atoms with Crippen LogP contribution in [0.25, 0.3) is 22.5 Å². The summed E-state index contributed by atoms with van der Waals surface area (Å²) >= 11 is 0. The molecule has 1 atom stereocenters. The van der Waals surface area contributed by atoms with Crippen molar-refractivity contribution in [1.82, 2.24) is 19.3 Å². The monoisotopic (exact) mass is 427 g/mol. The average molecular weight is 427 g/mol. The molecule has 4 N–H and O–H groups in total. The number of halogens is 2. The van der Waals surface area contributed by atoms with Crippen LogP contribution in [0.15, 0.2) is 47.8 Å². The Balaban J connectivity index is 1.85. The van der Waals surface area contributed by atoms with Gasteiger partial charge in [0.2, 0.25) is 5.96 Å². The van der Waals surface area contributed by atoms with Gasteiger partial charge in [-0.1, -0.05) is 24.3 Å². The molecule has 1 aliphatic carbocycles. The highest BCUT2D eigenvalue weighted by atomic mass is 19.3. The SMILES string of the molecule is C[C@@H](CO)N=C(N)n1cc(-c2ccc(C(F)F)cc2)nc(-c2cnn(C3CC3)c2)c1=N. The van der Waals surface area contributed by atoms with Crippen molar-refractivity contribution in [3.63, 3.8) is 0 Å². The van der Waals surface area contributed by atoms with Crippen LogP contribution in [0.4, 0.5) is 8.78 Å². The quantitative estimate of drug-likeness (QED) is 0.414. The molecule has 10 heteroatoms. The highest BCUT2D eigenvalue weighted by Crippen LogP contribution is 2.35. The Hall–Kier alpha value is -3.40. The van der Waals surface area contributed by atoms with Gasteiger partial charge < -0.3 is 10.8 Å². The fraction of sp³-hybridized carbons (Fsp3) is 0.333. The minimum atomic E-state index is -2.56. The summed E-state index contributed by atoms with van der Waals surface area (Å²) in [5.41, 5.74) is 8.09. The average Bonchev–Trinajstić information content (AvgIpc) is 3.50. The summed E-state index contributed by atoms with van der Waals surface area (Å²) in [4.78, 5) is 8.83. The van der Waals surface area contributed by atoms with Crippen LogP contribution in [-0.4, -0.2) is 43.0 Å². The predicted molar refractivity (Wildman–Crippen MR) is 112 cm³/mol. The van der Waals surface area contributed by atoms with Crippen LogP contribution < -0.4 is 11.2 Å². The highest BCUT2D eigenvalue weighted by molar-refractivity contribution is 5.82. The molecule has 2 aromatic heterocycles. The van der Waals surface area contributed by atoms with Crippen molar-refractivity contribution in [3.05, 3.63) is 53.9 Å². The van der Waals surface area contributed by atoms with E-state index < -0.39 is 12.5 Å². The minimum absolute atomic E-state index is 0.00897. The Morgan fingerprint density at radius 1 is 1.26 bits per heavy atom. The van der Waals surface area contributed by atoms with Crippen LogP contribution in [0.1, 0.15) is 37.8 Å². The summed E-state index contributed by atoms with van der Waals surface area (Å²) in [6.07, 6.45) is 4.60. The fourth-order valence-electron chi connectivity index (χ4n) is 3.15. The van der Waals surface area contributed by atoms with Gasteiger partial charge in [-0.2, -0.15) is 5.10 Å². The summed E-state index contributed by atoms with van der Waals surface area (Å²) in [6, 6.07) is 5.72. The number of nitrogens with one attached hydrogen (secondary N) is 1. The van der Waals surface area contributed by atoms with Gasteiger partial charge in [-0.25, -0.2) is 18.8 Å². The van der Waals surface area contributed by atoms with Gasteiger partial charge in [0.1, 0.15) is 5.69 Å². The molecule has 1 fully saturated rings. The molecule has 0 unspecified atom stereocenters. The first-order valence-corrected chi connectivity index (χ1v) is 9.93. The maximum absolute atomic E-state index is 12.9. The van der Waals surface area contributed by atoms with Gasteiger partial charge in [-0.05, 0) is 19.8 Å². The molecule has 1 saturated carbocycles. The topological polar surface area (TPSA) is 118 Å². The Kier molecular flexibility index (Phi) is 5.64. The maximum atomic E-state index is 12.9. The molecule has 0 aliphatic heterocycles. The maximum Gasteiger partial charge on any atom is 0.263 e. The lowest BCUT2D eigenvalue weighted by molar-refractivity contribution is 0.151. The Labute approximate surface area is 177 Å². The Morgan fingerprint density at radius 3 is 2.58 bits per heavy atom. The van der Waals surface area contributed by atoms with E-state index in [1.807, 2.05) is 10.9 Å². The number of aliphatic hydroxyl groups is 1. The smallest absolute Gasteiger partial charge is 0.263 e. The molecule has 0 bridgehead atoms. The van der Waals surface area contributed by atoms with E-state index in [-0.39, 0.29) is 23.6 Å². The second kappa shape index (κ2) is 8.38. The Bertz CT molecular complexity index is 1160. The number of benzene rings is 1. The number of hydrogen-bond acceptors (Lipinski definition) is 5. The van der Waals surface area contributed by atoms with Crippen molar-refractivity contribution >= 4 is 5.96 Å². The molecule has 8 nitrogen and oxygen atoms in total. The molecule has 3 aromatic rings. The lowest BCUT2D eigenvalue weighted by Crippen LogP contribution is -2.35. The molecule has 1 aromatic carbocycles. The molecule has 2 heterocycles. The first-order valence-electron chi connectivity index (χ1n) is 9.93. The minimum Gasteiger partial charge on any atom is -0.394 e. The molecular formula is C21H23F2N7O. The van der Waals surface area contributed by atoms with E-state index in [1.54, 1.807) is 25.3 Å². The van der Waals surface area contributed by atoms with Gasteiger partial charge in [-0.3, -0.25) is 14.7 Å². The summed E-state index contributed by atoms with van der Waals surface area (Å²) < 4.78 is 29.1. The van der Waals surface area contributed by atoms with Crippen molar-refractivity contribution in [1.29, 1.82) is 5.41 Å².